The molecule has 7 heteroatoms. The zero-order valence-corrected chi connectivity index (χ0v) is 15.5. The van der Waals surface area contributed by atoms with Gasteiger partial charge < -0.3 is 10.6 Å². The summed E-state index contributed by atoms with van der Waals surface area (Å²) in [7, 11) is 0. The van der Waals surface area contributed by atoms with Crippen molar-refractivity contribution in [2.75, 3.05) is 5.32 Å². The van der Waals surface area contributed by atoms with Crippen LogP contribution in [0, 0.1) is 20.8 Å². The Labute approximate surface area is 155 Å². The van der Waals surface area contributed by atoms with E-state index in [2.05, 4.69) is 10.6 Å². The van der Waals surface area contributed by atoms with Crippen LogP contribution in [0.25, 0.3) is 0 Å². The number of carbonyl (C=O) groups excluding carboxylic acids is 2. The number of carbonyl (C=O) groups is 2. The number of amides is 2. The van der Waals surface area contributed by atoms with Crippen LogP contribution in [0.1, 0.15) is 40.8 Å². The highest BCUT2D eigenvalue weighted by atomic mass is 19.4. The highest BCUT2D eigenvalue weighted by Crippen LogP contribution is 2.30. The number of halogens is 3. The Hall–Kier alpha value is -2.83. The lowest BCUT2D eigenvalue weighted by atomic mass is 9.96. The number of hydrogen-bond donors (Lipinski definition) is 2. The van der Waals surface area contributed by atoms with Crippen molar-refractivity contribution in [1.82, 2.24) is 5.32 Å². The lowest BCUT2D eigenvalue weighted by Gasteiger charge is -2.18. The topological polar surface area (TPSA) is 58.2 Å². The first-order valence-corrected chi connectivity index (χ1v) is 8.36. The molecule has 0 saturated carbocycles. The molecule has 0 bridgehead atoms. The number of nitrogens with one attached hydrogen (secondary N) is 2. The van der Waals surface area contributed by atoms with E-state index in [1.165, 1.54) is 6.07 Å². The van der Waals surface area contributed by atoms with Crippen molar-refractivity contribution in [1.29, 1.82) is 0 Å². The Bertz CT molecular complexity index is 876. The van der Waals surface area contributed by atoms with E-state index in [1.807, 2.05) is 32.9 Å². The molecule has 0 fully saturated rings. The van der Waals surface area contributed by atoms with Crippen molar-refractivity contribution in [3.05, 3.63) is 64.2 Å². The van der Waals surface area contributed by atoms with Crippen molar-refractivity contribution in [3.8, 4) is 0 Å². The van der Waals surface area contributed by atoms with Gasteiger partial charge in [-0.25, -0.2) is 0 Å². The Morgan fingerprint density at radius 1 is 0.926 bits per heavy atom. The van der Waals surface area contributed by atoms with Crippen LogP contribution in [-0.2, 0) is 15.8 Å². The second-order valence-electron chi connectivity index (χ2n) is 6.52. The highest BCUT2D eigenvalue weighted by molar-refractivity contribution is 6.39. The number of anilines is 1. The van der Waals surface area contributed by atoms with Gasteiger partial charge in [0.2, 0.25) is 0 Å². The summed E-state index contributed by atoms with van der Waals surface area (Å²) >= 11 is 0. The maximum absolute atomic E-state index is 12.7. The number of benzene rings is 2. The second kappa shape index (κ2) is 7.82. The largest absolute Gasteiger partial charge is 0.416 e. The minimum atomic E-state index is -4.53. The highest BCUT2D eigenvalue weighted by Gasteiger charge is 2.30. The van der Waals surface area contributed by atoms with E-state index in [0.29, 0.717) is 0 Å². The van der Waals surface area contributed by atoms with Gasteiger partial charge in [-0.1, -0.05) is 18.2 Å². The average Bonchev–Trinajstić information content (AvgIpc) is 2.57. The van der Waals surface area contributed by atoms with Gasteiger partial charge >= 0.3 is 18.0 Å². The third-order valence-electron chi connectivity index (χ3n) is 4.35. The van der Waals surface area contributed by atoms with Crippen LogP contribution in [0.5, 0.6) is 0 Å². The molecule has 2 aromatic carbocycles. The van der Waals surface area contributed by atoms with E-state index >= 15 is 0 Å². The SMILES string of the molecule is Cc1cc(C)c(C(C)NC(=O)C(=O)Nc2cccc(C(F)(F)F)c2)cc1C. The molecular weight excluding hydrogens is 357 g/mol. The zero-order valence-electron chi connectivity index (χ0n) is 15.5. The van der Waals surface area contributed by atoms with Gasteiger partial charge in [-0.05, 0) is 68.1 Å². The molecule has 0 radical (unpaired) electrons. The van der Waals surface area contributed by atoms with Gasteiger partial charge in [0.05, 0.1) is 11.6 Å². The number of alkyl halides is 3. The van der Waals surface area contributed by atoms with Crippen LogP contribution < -0.4 is 10.6 Å². The summed E-state index contributed by atoms with van der Waals surface area (Å²) in [6, 6.07) is 7.64. The van der Waals surface area contributed by atoms with E-state index in [-0.39, 0.29) is 5.69 Å². The minimum absolute atomic E-state index is 0.0972. The molecule has 0 aliphatic heterocycles. The molecule has 27 heavy (non-hydrogen) atoms. The van der Waals surface area contributed by atoms with Gasteiger partial charge in [-0.3, -0.25) is 9.59 Å². The molecule has 1 unspecified atom stereocenters. The second-order valence-corrected chi connectivity index (χ2v) is 6.52. The fourth-order valence-electron chi connectivity index (χ4n) is 2.75. The molecular formula is C20H21F3N2O2. The van der Waals surface area contributed by atoms with E-state index in [9.17, 15) is 22.8 Å². The van der Waals surface area contributed by atoms with E-state index < -0.39 is 29.6 Å². The Morgan fingerprint density at radius 3 is 2.19 bits per heavy atom. The Kier molecular flexibility index (Phi) is 5.93. The molecule has 1 atom stereocenters. The molecule has 2 rings (SSSR count). The molecule has 0 heterocycles. The van der Waals surface area contributed by atoms with Crippen LogP contribution in [0.3, 0.4) is 0 Å². The molecule has 2 aromatic rings. The van der Waals surface area contributed by atoms with Crippen molar-refractivity contribution in [3.63, 3.8) is 0 Å². The molecule has 2 N–H and O–H groups in total. The summed E-state index contributed by atoms with van der Waals surface area (Å²) in [6.07, 6.45) is -4.53. The van der Waals surface area contributed by atoms with Gasteiger partial charge in [0.25, 0.3) is 0 Å². The van der Waals surface area contributed by atoms with Crippen LogP contribution in [0.2, 0.25) is 0 Å². The van der Waals surface area contributed by atoms with Crippen molar-refractivity contribution in [2.45, 2.75) is 39.9 Å². The van der Waals surface area contributed by atoms with Gasteiger partial charge in [-0.2, -0.15) is 13.2 Å². The summed E-state index contributed by atoms with van der Waals surface area (Å²) in [5.41, 5.74) is 3.03. The summed E-state index contributed by atoms with van der Waals surface area (Å²) in [6.45, 7) is 7.59. The first-order chi connectivity index (χ1) is 12.5. The summed E-state index contributed by atoms with van der Waals surface area (Å²) in [5.74, 6) is -1.94. The quantitative estimate of drug-likeness (QED) is 0.776. The van der Waals surface area contributed by atoms with E-state index in [4.69, 9.17) is 0 Å². The van der Waals surface area contributed by atoms with Crippen molar-refractivity contribution in [2.24, 2.45) is 0 Å². The molecule has 0 aliphatic carbocycles. The molecule has 0 saturated heterocycles. The van der Waals surface area contributed by atoms with Crippen LogP contribution in [0.4, 0.5) is 18.9 Å². The lowest BCUT2D eigenvalue weighted by Crippen LogP contribution is -2.37. The number of hydrogen-bond acceptors (Lipinski definition) is 2. The minimum Gasteiger partial charge on any atom is -0.341 e. The molecule has 144 valence electrons. The van der Waals surface area contributed by atoms with Crippen molar-refractivity contribution >= 4 is 17.5 Å². The van der Waals surface area contributed by atoms with Gasteiger partial charge in [0.15, 0.2) is 0 Å². The third-order valence-corrected chi connectivity index (χ3v) is 4.35. The Morgan fingerprint density at radius 2 is 1.56 bits per heavy atom. The maximum atomic E-state index is 12.7. The summed E-state index contributed by atoms with van der Waals surface area (Å²) in [4.78, 5) is 24.2. The molecule has 2 amide bonds. The first kappa shape index (κ1) is 20.5. The fourth-order valence-corrected chi connectivity index (χ4v) is 2.75. The molecule has 4 nitrogen and oxygen atoms in total. The normalized spacial score (nSPS) is 12.4. The molecule has 0 aliphatic rings. The van der Waals surface area contributed by atoms with E-state index in [0.717, 1.165) is 40.5 Å². The smallest absolute Gasteiger partial charge is 0.341 e. The van der Waals surface area contributed by atoms with Crippen LogP contribution in [0.15, 0.2) is 36.4 Å². The molecule has 0 aromatic heterocycles. The van der Waals surface area contributed by atoms with Gasteiger partial charge in [0, 0.05) is 5.69 Å². The van der Waals surface area contributed by atoms with Crippen molar-refractivity contribution < 1.29 is 22.8 Å². The lowest BCUT2D eigenvalue weighted by molar-refractivity contribution is -0.137. The van der Waals surface area contributed by atoms with E-state index in [1.54, 1.807) is 6.92 Å². The number of rotatable bonds is 3. The predicted octanol–water partition coefficient (Wildman–Crippen LogP) is 4.45. The standard InChI is InChI=1S/C20H21F3N2O2/c1-11-8-13(3)17(9-12(11)2)14(4)24-18(26)19(27)25-16-7-5-6-15(10-16)20(21,22)23/h5-10,14H,1-4H3,(H,24,26)(H,25,27). The van der Waals surface area contributed by atoms with Gasteiger partial charge in [0.1, 0.15) is 0 Å². The predicted molar refractivity (Wildman–Crippen MR) is 97.3 cm³/mol. The van der Waals surface area contributed by atoms with Crippen LogP contribution >= 0.6 is 0 Å². The zero-order chi connectivity index (χ0) is 20.4. The first-order valence-electron chi connectivity index (χ1n) is 8.36. The monoisotopic (exact) mass is 378 g/mol. The Balaban J connectivity index is 2.08. The molecule has 0 spiro atoms. The fraction of sp³-hybridized carbons (Fsp3) is 0.300. The summed E-state index contributed by atoms with van der Waals surface area (Å²) < 4.78 is 38.2. The maximum Gasteiger partial charge on any atom is 0.416 e. The number of aryl methyl sites for hydroxylation is 3. The third kappa shape index (κ3) is 5.09. The average molecular weight is 378 g/mol. The van der Waals surface area contributed by atoms with Crippen LogP contribution in [-0.4, -0.2) is 11.8 Å². The summed E-state index contributed by atoms with van der Waals surface area (Å²) in [5, 5.41) is 4.77. The van der Waals surface area contributed by atoms with Gasteiger partial charge in [-0.15, -0.1) is 0 Å².